The SMILES string of the molecule is O=C(Cc1cccc(OCc2ccccc2)c1)c1ccc2ncccc2c1. The molecular weight excluding hydrogens is 334 g/mol. The normalized spacial score (nSPS) is 10.7. The second kappa shape index (κ2) is 7.83. The zero-order valence-corrected chi connectivity index (χ0v) is 14.8. The minimum Gasteiger partial charge on any atom is -0.489 e. The first-order valence-electron chi connectivity index (χ1n) is 8.91. The summed E-state index contributed by atoms with van der Waals surface area (Å²) >= 11 is 0. The van der Waals surface area contributed by atoms with Crippen molar-refractivity contribution in [1.82, 2.24) is 4.98 Å². The molecule has 0 aliphatic carbocycles. The largest absolute Gasteiger partial charge is 0.489 e. The van der Waals surface area contributed by atoms with Gasteiger partial charge in [0.1, 0.15) is 12.4 Å². The maximum atomic E-state index is 12.7. The lowest BCUT2D eigenvalue weighted by Gasteiger charge is -2.08. The van der Waals surface area contributed by atoms with Gasteiger partial charge in [-0.2, -0.15) is 0 Å². The molecule has 132 valence electrons. The van der Waals surface area contributed by atoms with Crippen LogP contribution in [0.3, 0.4) is 0 Å². The fourth-order valence-corrected chi connectivity index (χ4v) is 3.02. The summed E-state index contributed by atoms with van der Waals surface area (Å²) in [5.41, 5.74) is 3.65. The first-order chi connectivity index (χ1) is 13.3. The molecule has 1 heterocycles. The van der Waals surface area contributed by atoms with Gasteiger partial charge in [0.2, 0.25) is 0 Å². The van der Waals surface area contributed by atoms with Crippen molar-refractivity contribution in [3.63, 3.8) is 0 Å². The molecule has 0 amide bonds. The highest BCUT2D eigenvalue weighted by atomic mass is 16.5. The molecule has 0 aliphatic heterocycles. The maximum Gasteiger partial charge on any atom is 0.167 e. The standard InChI is InChI=1S/C24H19NO2/c26-24(21-11-12-23-20(16-21)9-5-13-25-23)15-19-8-4-10-22(14-19)27-17-18-6-2-1-3-7-18/h1-14,16H,15,17H2. The number of hydrogen-bond donors (Lipinski definition) is 0. The molecule has 4 rings (SSSR count). The molecule has 4 aromatic rings. The van der Waals surface area contributed by atoms with Crippen molar-refractivity contribution < 1.29 is 9.53 Å². The minimum absolute atomic E-state index is 0.0842. The van der Waals surface area contributed by atoms with E-state index in [1.807, 2.05) is 84.9 Å². The fraction of sp³-hybridized carbons (Fsp3) is 0.0833. The number of fused-ring (bicyclic) bond motifs is 1. The number of rotatable bonds is 6. The fourth-order valence-electron chi connectivity index (χ4n) is 3.02. The van der Waals surface area contributed by atoms with E-state index in [1.165, 1.54) is 0 Å². The summed E-state index contributed by atoms with van der Waals surface area (Å²) in [7, 11) is 0. The van der Waals surface area contributed by atoms with Crippen LogP contribution in [-0.2, 0) is 13.0 Å². The van der Waals surface area contributed by atoms with Gasteiger partial charge in [-0.3, -0.25) is 9.78 Å². The van der Waals surface area contributed by atoms with Crippen molar-refractivity contribution in [2.75, 3.05) is 0 Å². The Bertz CT molecular complexity index is 1070. The number of benzene rings is 3. The third-order valence-electron chi connectivity index (χ3n) is 4.44. The molecule has 0 radical (unpaired) electrons. The molecular formula is C24H19NO2. The molecule has 0 aliphatic rings. The Morgan fingerprint density at radius 3 is 2.56 bits per heavy atom. The van der Waals surface area contributed by atoms with Crippen molar-refractivity contribution in [1.29, 1.82) is 0 Å². The third-order valence-corrected chi connectivity index (χ3v) is 4.44. The van der Waals surface area contributed by atoms with E-state index in [-0.39, 0.29) is 5.78 Å². The molecule has 1 aromatic heterocycles. The van der Waals surface area contributed by atoms with Gasteiger partial charge >= 0.3 is 0 Å². The molecule has 0 fully saturated rings. The van der Waals surface area contributed by atoms with Crippen LogP contribution in [0.2, 0.25) is 0 Å². The van der Waals surface area contributed by atoms with E-state index < -0.39 is 0 Å². The van der Waals surface area contributed by atoms with Gasteiger partial charge in [0, 0.05) is 23.6 Å². The minimum atomic E-state index is 0.0842. The van der Waals surface area contributed by atoms with Crippen LogP contribution in [-0.4, -0.2) is 10.8 Å². The molecule has 0 unspecified atom stereocenters. The van der Waals surface area contributed by atoms with Crippen LogP contribution in [0.1, 0.15) is 21.5 Å². The van der Waals surface area contributed by atoms with Gasteiger partial charge in [0.05, 0.1) is 5.52 Å². The molecule has 3 heteroatoms. The Morgan fingerprint density at radius 1 is 0.815 bits per heavy atom. The summed E-state index contributed by atoms with van der Waals surface area (Å²) in [6.45, 7) is 0.510. The average molecular weight is 353 g/mol. The van der Waals surface area contributed by atoms with E-state index in [2.05, 4.69) is 4.98 Å². The van der Waals surface area contributed by atoms with Crippen LogP contribution < -0.4 is 4.74 Å². The molecule has 0 spiro atoms. The predicted octanol–water partition coefficient (Wildman–Crippen LogP) is 5.24. The first kappa shape index (κ1) is 17.0. The number of nitrogens with zero attached hydrogens (tertiary/aromatic N) is 1. The summed E-state index contributed by atoms with van der Waals surface area (Å²) in [5.74, 6) is 0.854. The van der Waals surface area contributed by atoms with Gasteiger partial charge < -0.3 is 4.74 Å². The lowest BCUT2D eigenvalue weighted by molar-refractivity contribution is 0.0993. The van der Waals surface area contributed by atoms with Crippen LogP contribution in [0.5, 0.6) is 5.75 Å². The number of pyridine rings is 1. The van der Waals surface area contributed by atoms with Gasteiger partial charge in [-0.25, -0.2) is 0 Å². The number of carbonyl (C=O) groups is 1. The van der Waals surface area contributed by atoms with Crippen LogP contribution in [0.25, 0.3) is 10.9 Å². The number of carbonyl (C=O) groups excluding carboxylic acids is 1. The quantitative estimate of drug-likeness (QED) is 0.445. The molecule has 0 bridgehead atoms. The summed E-state index contributed by atoms with van der Waals surface area (Å²) in [5, 5.41) is 0.975. The Hall–Kier alpha value is -3.46. The van der Waals surface area contributed by atoms with Crippen molar-refractivity contribution in [2.45, 2.75) is 13.0 Å². The van der Waals surface area contributed by atoms with Crippen molar-refractivity contribution in [3.8, 4) is 5.75 Å². The maximum absolute atomic E-state index is 12.7. The Balaban J connectivity index is 1.46. The number of ether oxygens (including phenoxy) is 1. The van der Waals surface area contributed by atoms with Crippen LogP contribution in [0.15, 0.2) is 91.1 Å². The van der Waals surface area contributed by atoms with Gasteiger partial charge in [-0.05, 0) is 47.5 Å². The predicted molar refractivity (Wildman–Crippen MR) is 107 cm³/mol. The van der Waals surface area contributed by atoms with Crippen molar-refractivity contribution >= 4 is 16.7 Å². The first-order valence-corrected chi connectivity index (χ1v) is 8.91. The van der Waals surface area contributed by atoms with E-state index in [1.54, 1.807) is 6.20 Å². The zero-order valence-electron chi connectivity index (χ0n) is 14.8. The molecule has 0 N–H and O–H groups in total. The van der Waals surface area contributed by atoms with E-state index >= 15 is 0 Å². The number of ketones is 1. The topological polar surface area (TPSA) is 39.2 Å². The summed E-state index contributed by atoms with van der Waals surface area (Å²) in [6.07, 6.45) is 2.10. The summed E-state index contributed by atoms with van der Waals surface area (Å²) in [4.78, 5) is 17.0. The second-order valence-electron chi connectivity index (χ2n) is 6.43. The van der Waals surface area contributed by atoms with Crippen LogP contribution >= 0.6 is 0 Å². The van der Waals surface area contributed by atoms with Gasteiger partial charge in [-0.1, -0.05) is 48.5 Å². The Kier molecular flexibility index (Phi) is 4.93. The van der Waals surface area contributed by atoms with E-state index in [9.17, 15) is 4.79 Å². The van der Waals surface area contributed by atoms with E-state index in [0.29, 0.717) is 18.6 Å². The zero-order chi connectivity index (χ0) is 18.5. The van der Waals surface area contributed by atoms with Crippen molar-refractivity contribution in [3.05, 3.63) is 108 Å². The third kappa shape index (κ3) is 4.21. The molecule has 3 nitrogen and oxygen atoms in total. The highest BCUT2D eigenvalue weighted by Gasteiger charge is 2.09. The van der Waals surface area contributed by atoms with E-state index in [0.717, 1.165) is 27.8 Å². The number of hydrogen-bond acceptors (Lipinski definition) is 3. The van der Waals surface area contributed by atoms with Gasteiger partial charge in [0.15, 0.2) is 5.78 Å². The number of Topliss-reactive ketones (excluding diaryl/α,β-unsaturated/α-hetero) is 1. The average Bonchev–Trinajstić information content (AvgIpc) is 2.73. The van der Waals surface area contributed by atoms with E-state index in [4.69, 9.17) is 4.74 Å². The highest BCUT2D eigenvalue weighted by Crippen LogP contribution is 2.19. The van der Waals surface area contributed by atoms with Gasteiger partial charge in [0.25, 0.3) is 0 Å². The van der Waals surface area contributed by atoms with Crippen LogP contribution in [0.4, 0.5) is 0 Å². The van der Waals surface area contributed by atoms with Gasteiger partial charge in [-0.15, -0.1) is 0 Å². The summed E-state index contributed by atoms with van der Waals surface area (Å²) < 4.78 is 5.86. The smallest absolute Gasteiger partial charge is 0.167 e. The molecule has 0 saturated heterocycles. The van der Waals surface area contributed by atoms with Crippen LogP contribution in [0, 0.1) is 0 Å². The Labute approximate surface area is 158 Å². The monoisotopic (exact) mass is 353 g/mol. The lowest BCUT2D eigenvalue weighted by atomic mass is 10.0. The molecule has 27 heavy (non-hydrogen) atoms. The number of aromatic nitrogens is 1. The molecule has 0 saturated carbocycles. The molecule has 0 atom stereocenters. The Morgan fingerprint density at radius 2 is 1.67 bits per heavy atom. The molecule has 3 aromatic carbocycles. The highest BCUT2D eigenvalue weighted by molar-refractivity contribution is 6.00. The summed E-state index contributed by atoms with van der Waals surface area (Å²) in [6, 6.07) is 27.2. The lowest BCUT2D eigenvalue weighted by Crippen LogP contribution is -2.04. The van der Waals surface area contributed by atoms with Crippen molar-refractivity contribution in [2.24, 2.45) is 0 Å². The second-order valence-corrected chi connectivity index (χ2v) is 6.43.